The minimum atomic E-state index is -4.61. The van der Waals surface area contributed by atoms with E-state index in [0.717, 1.165) is 0 Å². The molecular formula is H10O7Si4. The third-order valence-electron chi connectivity index (χ3n) is 0.587. The van der Waals surface area contributed by atoms with Gasteiger partial charge in [-0.25, -0.2) is 0 Å². The molecule has 0 amide bonds. The van der Waals surface area contributed by atoms with Gasteiger partial charge in [0.05, 0.1) is 0 Å². The highest BCUT2D eigenvalue weighted by molar-refractivity contribution is 6.60. The van der Waals surface area contributed by atoms with Crippen LogP contribution in [0.1, 0.15) is 0 Å². The van der Waals surface area contributed by atoms with Gasteiger partial charge in [-0.1, -0.05) is 0 Å². The van der Waals surface area contributed by atoms with Crippen molar-refractivity contribution in [2.75, 3.05) is 0 Å². The van der Waals surface area contributed by atoms with Crippen LogP contribution in [0.5, 0.6) is 0 Å². The molecule has 0 aliphatic carbocycles. The Hall–Kier alpha value is 0.588. The average Bonchev–Trinajstić information content (AvgIpc) is 1.79. The molecule has 0 radical (unpaired) electrons. The largest absolute Gasteiger partial charge is 0.663 e. The van der Waals surface area contributed by atoms with Crippen LogP contribution >= 0.6 is 0 Å². The summed E-state index contributed by atoms with van der Waals surface area (Å²) in [4.78, 5) is 33.6. The molecule has 0 saturated carbocycles. The fourth-order valence-electron chi connectivity index (χ4n) is 0.296. The molecule has 11 heavy (non-hydrogen) atoms. The number of rotatable bonds is 5. The molecular weight excluding hydrogens is 224 g/mol. The summed E-state index contributed by atoms with van der Waals surface area (Å²) >= 11 is 0. The van der Waals surface area contributed by atoms with E-state index < -0.39 is 28.6 Å². The molecule has 7 nitrogen and oxygen atoms in total. The standard InChI is InChI=1S/H10O7Si4/c1-10(6-9-5-8)7-11(2,3)4/h1-4,10H,9H2,8H3. The van der Waals surface area contributed by atoms with E-state index in [-0.39, 0.29) is 0 Å². The average molecular weight is 234 g/mol. The Bertz CT molecular complexity index is 97.1. The van der Waals surface area contributed by atoms with E-state index in [0.29, 0.717) is 10.5 Å². The molecule has 11 heteroatoms. The summed E-state index contributed by atoms with van der Waals surface area (Å²) in [6, 6.07) is 0. The monoisotopic (exact) mass is 234 g/mol. The Balaban J connectivity index is 3.44. The van der Waals surface area contributed by atoms with Crippen molar-refractivity contribution in [2.24, 2.45) is 0 Å². The van der Waals surface area contributed by atoms with Crippen molar-refractivity contribution in [1.82, 2.24) is 0 Å². The van der Waals surface area contributed by atoms with Gasteiger partial charge in [-0.05, 0) is 0 Å². The fraction of sp³-hybridized carbons (Fsp3) is 0. The van der Waals surface area contributed by atoms with Crippen molar-refractivity contribution in [3.63, 3.8) is 0 Å². The topological polar surface area (TPSA) is 109 Å². The second kappa shape index (κ2) is 5.27. The Morgan fingerprint density at radius 3 is 2.27 bits per heavy atom. The summed E-state index contributed by atoms with van der Waals surface area (Å²) in [5, 5.41) is 0. The van der Waals surface area contributed by atoms with Gasteiger partial charge in [-0.2, -0.15) is 0 Å². The maximum Gasteiger partial charge on any atom is 0.663 e. The lowest BCUT2D eigenvalue weighted by atomic mass is 15.6. The first kappa shape index (κ1) is 11.6. The van der Waals surface area contributed by atoms with Gasteiger partial charge in [0.2, 0.25) is 0 Å². The summed E-state index contributed by atoms with van der Waals surface area (Å²) in [5.41, 5.74) is 0. The normalized spacial score (nSPS) is 16.4. The maximum atomic E-state index is 8.74. The van der Waals surface area contributed by atoms with Gasteiger partial charge in [-0.3, -0.25) is 0 Å². The molecule has 0 heterocycles. The van der Waals surface area contributed by atoms with Crippen molar-refractivity contribution in [3.8, 4) is 0 Å². The summed E-state index contributed by atoms with van der Waals surface area (Å²) < 4.78 is 13.2. The molecule has 0 aromatic heterocycles. The second-order valence-electron chi connectivity index (χ2n) is 1.57. The zero-order valence-electron chi connectivity index (χ0n) is 5.80. The predicted molar refractivity (Wildman–Crippen MR) is 43.5 cm³/mol. The molecule has 0 aliphatic heterocycles. The zero-order valence-corrected chi connectivity index (χ0v) is 11.4. The maximum absolute atomic E-state index is 8.74. The van der Waals surface area contributed by atoms with E-state index in [2.05, 4.69) is 12.3 Å². The van der Waals surface area contributed by atoms with Crippen LogP contribution in [-0.2, 0) is 12.3 Å². The lowest BCUT2D eigenvalue weighted by molar-refractivity contribution is 0.0998. The Labute approximate surface area is 71.2 Å². The molecule has 0 aliphatic rings. The second-order valence-corrected chi connectivity index (χ2v) is 8.16. The van der Waals surface area contributed by atoms with Gasteiger partial charge in [0, 0.05) is 0 Å². The molecule has 0 fully saturated rings. The van der Waals surface area contributed by atoms with Crippen molar-refractivity contribution < 1.29 is 31.5 Å². The predicted octanol–water partition coefficient (Wildman–Crippen LogP) is -5.56. The highest BCUT2D eigenvalue weighted by Crippen LogP contribution is 1.92. The van der Waals surface area contributed by atoms with Crippen molar-refractivity contribution in [2.45, 2.75) is 0 Å². The highest BCUT2D eigenvalue weighted by Gasteiger charge is 2.35. The zero-order chi connectivity index (χ0) is 8.91. The summed E-state index contributed by atoms with van der Waals surface area (Å²) in [7, 11) is -8.43. The number of hydrogen-bond acceptors (Lipinski definition) is 7. The highest BCUT2D eigenvalue weighted by atomic mass is 28.5. The van der Waals surface area contributed by atoms with Gasteiger partial charge < -0.3 is 31.5 Å². The minimum absolute atomic E-state index is 0.502. The van der Waals surface area contributed by atoms with Gasteiger partial charge >= 0.3 is 18.6 Å². The molecule has 1 atom stereocenters. The molecule has 1 unspecified atom stereocenters. The molecule has 0 spiro atoms. The molecule has 68 valence electrons. The van der Waals surface area contributed by atoms with E-state index in [1.165, 1.54) is 0 Å². The van der Waals surface area contributed by atoms with E-state index >= 15 is 0 Å². The van der Waals surface area contributed by atoms with Crippen LogP contribution in [0.4, 0.5) is 0 Å². The molecule has 0 bridgehead atoms. The molecule has 0 aromatic carbocycles. The summed E-state index contributed by atoms with van der Waals surface area (Å²) in [6.45, 7) is 0. The molecule has 0 saturated heterocycles. The quantitative estimate of drug-likeness (QED) is 0.351. The van der Waals surface area contributed by atoms with Crippen molar-refractivity contribution >= 4 is 39.1 Å². The van der Waals surface area contributed by atoms with Gasteiger partial charge in [0.1, 0.15) is 10.5 Å². The Morgan fingerprint density at radius 1 is 1.36 bits per heavy atom. The van der Waals surface area contributed by atoms with Crippen LogP contribution in [0.2, 0.25) is 0 Å². The van der Waals surface area contributed by atoms with E-state index in [4.69, 9.17) is 19.2 Å². The third-order valence-corrected chi connectivity index (χ3v) is 5.29. The lowest BCUT2D eigenvalue weighted by Gasteiger charge is -2.14. The van der Waals surface area contributed by atoms with Crippen molar-refractivity contribution in [1.29, 1.82) is 0 Å². The number of hydrogen-bond donors (Lipinski definition) is 4. The van der Waals surface area contributed by atoms with Crippen LogP contribution in [-0.4, -0.2) is 58.3 Å². The van der Waals surface area contributed by atoms with Crippen LogP contribution in [0.3, 0.4) is 0 Å². The van der Waals surface area contributed by atoms with Gasteiger partial charge in [0.15, 0.2) is 0 Å². The van der Waals surface area contributed by atoms with Gasteiger partial charge in [0.25, 0.3) is 10.0 Å². The van der Waals surface area contributed by atoms with E-state index in [9.17, 15) is 0 Å². The van der Waals surface area contributed by atoms with Crippen LogP contribution in [0.15, 0.2) is 0 Å². The summed E-state index contributed by atoms with van der Waals surface area (Å²) in [5.74, 6) is 0. The van der Waals surface area contributed by atoms with E-state index in [1.54, 1.807) is 0 Å². The Morgan fingerprint density at radius 2 is 1.91 bits per heavy atom. The van der Waals surface area contributed by atoms with E-state index in [1.807, 2.05) is 0 Å². The van der Waals surface area contributed by atoms with Crippen LogP contribution in [0.25, 0.3) is 0 Å². The SMILES string of the molecule is O[SiH](O[SiH2]O[SiH3])O[Si](O)(O)O. The lowest BCUT2D eigenvalue weighted by Crippen LogP contribution is -2.46. The van der Waals surface area contributed by atoms with Crippen molar-refractivity contribution in [3.05, 3.63) is 0 Å². The van der Waals surface area contributed by atoms with Crippen LogP contribution < -0.4 is 0 Å². The molecule has 0 aromatic rings. The molecule has 4 N–H and O–H groups in total. The molecule has 0 rings (SSSR count). The smallest absolute Gasteiger partial charge is 0.449 e. The third kappa shape index (κ3) is 8.49. The minimum Gasteiger partial charge on any atom is -0.449 e. The first-order valence-corrected chi connectivity index (χ1v) is 7.77. The first-order chi connectivity index (χ1) is 4.95. The first-order valence-electron chi connectivity index (χ1n) is 2.59. The fourth-order valence-corrected chi connectivity index (χ4v) is 4.50. The van der Waals surface area contributed by atoms with Gasteiger partial charge in [-0.15, -0.1) is 0 Å². The Kier molecular flexibility index (Phi) is 5.55. The summed E-state index contributed by atoms with van der Waals surface area (Å²) in [6.07, 6.45) is 0. The van der Waals surface area contributed by atoms with Crippen LogP contribution in [0, 0.1) is 0 Å².